The number of rotatable bonds is 1. The van der Waals surface area contributed by atoms with Crippen LogP contribution in [0.5, 0.6) is 0 Å². The molecule has 2 aliphatic rings. The van der Waals surface area contributed by atoms with Gasteiger partial charge in [-0.1, -0.05) is 15.9 Å². The van der Waals surface area contributed by atoms with Gasteiger partial charge < -0.3 is 10.3 Å². The van der Waals surface area contributed by atoms with Crippen molar-refractivity contribution in [2.24, 2.45) is 5.73 Å². The van der Waals surface area contributed by atoms with Gasteiger partial charge in [-0.3, -0.25) is 4.79 Å². The molecule has 2 aliphatic heterocycles. The lowest BCUT2D eigenvalue weighted by Gasteiger charge is -2.19. The van der Waals surface area contributed by atoms with E-state index in [0.29, 0.717) is 0 Å². The van der Waals surface area contributed by atoms with E-state index in [-0.39, 0.29) is 11.9 Å². The second kappa shape index (κ2) is 2.39. The van der Waals surface area contributed by atoms with Crippen LogP contribution in [0.15, 0.2) is 28.9 Å². The standard InChI is InChI=1S/C10H7BrN2O/c11-5-1-2-8-6(3-5)7-4-13(8)9(7)10(12)14/h1-4,9H,(H2,12,14). The molecule has 1 amide bonds. The topological polar surface area (TPSA) is 48.0 Å². The summed E-state index contributed by atoms with van der Waals surface area (Å²) in [6, 6.07) is 5.74. The van der Waals surface area contributed by atoms with Crippen LogP contribution in [-0.2, 0) is 4.79 Å². The third-order valence-electron chi connectivity index (χ3n) is 2.67. The van der Waals surface area contributed by atoms with E-state index in [1.807, 2.05) is 29.0 Å². The summed E-state index contributed by atoms with van der Waals surface area (Å²) in [5, 5.41) is 1.11. The Hall–Kier alpha value is -1.29. The number of carbonyl (C=O) groups is 1. The van der Waals surface area contributed by atoms with E-state index in [0.717, 1.165) is 20.9 Å². The van der Waals surface area contributed by atoms with Crippen molar-refractivity contribution in [3.63, 3.8) is 0 Å². The van der Waals surface area contributed by atoms with Crippen LogP contribution in [0.2, 0.25) is 0 Å². The van der Waals surface area contributed by atoms with Crippen LogP contribution in [0.4, 0.5) is 0 Å². The van der Waals surface area contributed by atoms with Crippen molar-refractivity contribution in [2.45, 2.75) is 6.04 Å². The van der Waals surface area contributed by atoms with Gasteiger partial charge >= 0.3 is 0 Å². The molecule has 14 heavy (non-hydrogen) atoms. The van der Waals surface area contributed by atoms with E-state index in [4.69, 9.17) is 5.73 Å². The van der Waals surface area contributed by atoms with Gasteiger partial charge in [0.1, 0.15) is 6.04 Å². The van der Waals surface area contributed by atoms with Crippen molar-refractivity contribution < 1.29 is 4.79 Å². The number of benzene rings is 1. The van der Waals surface area contributed by atoms with Crippen LogP contribution in [0.25, 0.3) is 10.9 Å². The predicted octanol–water partition coefficient (Wildman–Crippen LogP) is 1.79. The molecule has 3 nitrogen and oxygen atoms in total. The highest BCUT2D eigenvalue weighted by atomic mass is 79.9. The van der Waals surface area contributed by atoms with Crippen LogP contribution in [0.3, 0.4) is 0 Å². The number of primary amides is 1. The summed E-state index contributed by atoms with van der Waals surface area (Å²) < 4.78 is 2.94. The van der Waals surface area contributed by atoms with E-state index < -0.39 is 0 Å². The van der Waals surface area contributed by atoms with Crippen molar-refractivity contribution in [3.05, 3.63) is 34.4 Å². The maximum absolute atomic E-state index is 11.1. The second-order valence-electron chi connectivity index (χ2n) is 3.46. The van der Waals surface area contributed by atoms with Crippen molar-refractivity contribution in [3.8, 4) is 0 Å². The van der Waals surface area contributed by atoms with Crippen molar-refractivity contribution in [1.29, 1.82) is 0 Å². The zero-order valence-electron chi connectivity index (χ0n) is 7.20. The molecule has 0 aliphatic carbocycles. The Balaban J connectivity index is 2.32. The molecule has 0 saturated carbocycles. The van der Waals surface area contributed by atoms with Gasteiger partial charge in [-0.2, -0.15) is 0 Å². The molecular formula is C10H7BrN2O. The molecule has 70 valence electrons. The van der Waals surface area contributed by atoms with Crippen LogP contribution < -0.4 is 5.73 Å². The number of hydrogen-bond acceptors (Lipinski definition) is 1. The maximum Gasteiger partial charge on any atom is 0.245 e. The third-order valence-corrected chi connectivity index (χ3v) is 3.16. The first-order valence-electron chi connectivity index (χ1n) is 4.28. The molecule has 4 heteroatoms. The molecule has 1 aromatic heterocycles. The second-order valence-corrected chi connectivity index (χ2v) is 4.37. The summed E-state index contributed by atoms with van der Waals surface area (Å²) in [5.41, 5.74) is 7.41. The minimum Gasteiger partial charge on any atom is -0.368 e. The van der Waals surface area contributed by atoms with E-state index in [2.05, 4.69) is 15.9 Å². The first-order chi connectivity index (χ1) is 6.68. The lowest BCUT2D eigenvalue weighted by Crippen LogP contribution is -2.29. The molecule has 2 bridgehead atoms. The van der Waals surface area contributed by atoms with Crippen molar-refractivity contribution in [2.75, 3.05) is 0 Å². The molecule has 4 rings (SSSR count). The normalized spacial score (nSPS) is 18.2. The molecule has 0 fully saturated rings. The number of carbonyl (C=O) groups excluding carboxylic acids is 1. The van der Waals surface area contributed by atoms with Gasteiger partial charge in [-0.05, 0) is 18.2 Å². The number of nitrogens with zero attached hydrogens (tertiary/aromatic N) is 1. The minimum atomic E-state index is -0.283. The highest BCUT2D eigenvalue weighted by molar-refractivity contribution is 9.10. The summed E-state index contributed by atoms with van der Waals surface area (Å²) in [7, 11) is 0. The molecule has 0 radical (unpaired) electrons. The fourth-order valence-electron chi connectivity index (χ4n) is 2.04. The SMILES string of the molecule is NC(=O)C1c2cn1c1ccc(Br)cc21. The Morgan fingerprint density at radius 1 is 1.50 bits per heavy atom. The summed E-state index contributed by atoms with van der Waals surface area (Å²) in [6.45, 7) is 0. The average Bonchev–Trinajstić information content (AvgIpc) is 2.52. The first-order valence-corrected chi connectivity index (χ1v) is 5.07. The minimum absolute atomic E-state index is 0.237. The van der Waals surface area contributed by atoms with Gasteiger partial charge in [0.15, 0.2) is 0 Å². The van der Waals surface area contributed by atoms with Gasteiger partial charge in [0.2, 0.25) is 5.91 Å². The van der Waals surface area contributed by atoms with Crippen LogP contribution in [0.1, 0.15) is 11.6 Å². The summed E-state index contributed by atoms with van der Waals surface area (Å²) in [4.78, 5) is 11.1. The number of halogens is 1. The summed E-state index contributed by atoms with van der Waals surface area (Å²) >= 11 is 3.41. The maximum atomic E-state index is 11.1. The molecule has 1 aromatic carbocycles. The van der Waals surface area contributed by atoms with Gasteiger partial charge in [-0.15, -0.1) is 0 Å². The number of amides is 1. The third kappa shape index (κ3) is 0.792. The fraction of sp³-hybridized carbons (Fsp3) is 0.100. The van der Waals surface area contributed by atoms with E-state index in [1.165, 1.54) is 0 Å². The molecular weight excluding hydrogens is 244 g/mol. The molecule has 1 atom stereocenters. The van der Waals surface area contributed by atoms with Gasteiger partial charge in [-0.25, -0.2) is 0 Å². The predicted molar refractivity (Wildman–Crippen MR) is 57.0 cm³/mol. The lowest BCUT2D eigenvalue weighted by atomic mass is 10.1. The lowest BCUT2D eigenvalue weighted by molar-refractivity contribution is -0.120. The molecule has 2 aromatic rings. The Morgan fingerprint density at radius 3 is 3.00 bits per heavy atom. The number of nitrogens with two attached hydrogens (primary N) is 1. The number of hydrogen-bond donors (Lipinski definition) is 1. The van der Waals surface area contributed by atoms with Gasteiger partial charge in [0.05, 0.1) is 0 Å². The molecule has 1 unspecified atom stereocenters. The molecule has 0 spiro atoms. The monoisotopic (exact) mass is 250 g/mol. The zero-order valence-corrected chi connectivity index (χ0v) is 8.78. The Bertz CT molecular complexity index is 558. The van der Waals surface area contributed by atoms with E-state index in [9.17, 15) is 4.79 Å². The van der Waals surface area contributed by atoms with Crippen molar-refractivity contribution in [1.82, 2.24) is 4.57 Å². The first kappa shape index (κ1) is 8.05. The van der Waals surface area contributed by atoms with Gasteiger partial charge in [0, 0.05) is 27.1 Å². The Labute approximate surface area is 88.6 Å². The fourth-order valence-corrected chi connectivity index (χ4v) is 2.40. The quantitative estimate of drug-likeness (QED) is 0.825. The molecule has 0 saturated heterocycles. The highest BCUT2D eigenvalue weighted by Crippen LogP contribution is 2.40. The van der Waals surface area contributed by atoms with Gasteiger partial charge in [0.25, 0.3) is 0 Å². The average molecular weight is 251 g/mol. The van der Waals surface area contributed by atoms with Crippen LogP contribution in [-0.4, -0.2) is 10.5 Å². The molecule has 3 heterocycles. The highest BCUT2D eigenvalue weighted by Gasteiger charge is 2.33. The number of aromatic nitrogens is 1. The summed E-state index contributed by atoms with van der Waals surface area (Å²) in [6.07, 6.45) is 1.96. The molecule has 2 N–H and O–H groups in total. The van der Waals surface area contributed by atoms with E-state index in [1.54, 1.807) is 0 Å². The zero-order chi connectivity index (χ0) is 9.87. The van der Waals surface area contributed by atoms with Crippen LogP contribution in [0, 0.1) is 0 Å². The van der Waals surface area contributed by atoms with Crippen molar-refractivity contribution >= 4 is 32.7 Å². The largest absolute Gasteiger partial charge is 0.368 e. The van der Waals surface area contributed by atoms with Crippen LogP contribution >= 0.6 is 15.9 Å². The Morgan fingerprint density at radius 2 is 2.29 bits per heavy atom. The van der Waals surface area contributed by atoms with E-state index >= 15 is 0 Å². The smallest absolute Gasteiger partial charge is 0.245 e. The Kier molecular flexibility index (Phi) is 1.37. The summed E-state index contributed by atoms with van der Waals surface area (Å²) in [5.74, 6) is -0.283.